The lowest BCUT2D eigenvalue weighted by Crippen LogP contribution is -2.16. The number of aromatic amines is 1. The zero-order valence-electron chi connectivity index (χ0n) is 11.1. The van der Waals surface area contributed by atoms with Gasteiger partial charge in [0.15, 0.2) is 0 Å². The van der Waals surface area contributed by atoms with Gasteiger partial charge in [-0.1, -0.05) is 6.07 Å². The maximum Gasteiger partial charge on any atom is 0.419 e. The third-order valence-corrected chi connectivity index (χ3v) is 3.03. The summed E-state index contributed by atoms with van der Waals surface area (Å²) in [7, 11) is 0. The van der Waals surface area contributed by atoms with Crippen LogP contribution in [-0.4, -0.2) is 4.98 Å². The number of anilines is 1. The molecule has 0 atom stereocenters. The third kappa shape index (κ3) is 2.72. The van der Waals surface area contributed by atoms with Crippen molar-refractivity contribution in [1.29, 1.82) is 10.5 Å². The summed E-state index contributed by atoms with van der Waals surface area (Å²) < 4.78 is 51.4. The summed E-state index contributed by atoms with van der Waals surface area (Å²) in [6, 6.07) is 5.00. The Hall–Kier alpha value is -3.33. The Kier molecular flexibility index (Phi) is 3.81. The maximum atomic E-state index is 13.7. The fourth-order valence-corrected chi connectivity index (χ4v) is 2.03. The summed E-state index contributed by atoms with van der Waals surface area (Å²) >= 11 is 0. The van der Waals surface area contributed by atoms with Gasteiger partial charge in [-0.25, -0.2) is 4.39 Å². The predicted molar refractivity (Wildman–Crippen MR) is 71.3 cm³/mol. The standard InChI is InChI=1S/C14H6F4N4O/c15-10-3-6(1-2-9(10)14(16,17)18)11-7(4-19)12(21)22-13(23)8(11)5-20/h1-3H,(H3,21,22,23). The van der Waals surface area contributed by atoms with Gasteiger partial charge in [-0.3, -0.25) is 4.79 Å². The molecule has 9 heteroatoms. The van der Waals surface area contributed by atoms with Gasteiger partial charge in [-0.15, -0.1) is 0 Å². The molecule has 0 fully saturated rings. The van der Waals surface area contributed by atoms with Gasteiger partial charge in [-0.05, 0) is 17.7 Å². The van der Waals surface area contributed by atoms with E-state index >= 15 is 0 Å². The zero-order valence-corrected chi connectivity index (χ0v) is 11.1. The summed E-state index contributed by atoms with van der Waals surface area (Å²) in [5, 5.41) is 18.1. The number of hydrogen-bond donors (Lipinski definition) is 2. The molecule has 0 saturated heterocycles. The topological polar surface area (TPSA) is 106 Å². The smallest absolute Gasteiger partial charge is 0.384 e. The average molecular weight is 322 g/mol. The Morgan fingerprint density at radius 2 is 1.74 bits per heavy atom. The molecule has 1 aromatic heterocycles. The number of alkyl halides is 3. The summed E-state index contributed by atoms with van der Waals surface area (Å²) in [6.45, 7) is 0. The van der Waals surface area contributed by atoms with Gasteiger partial charge < -0.3 is 10.7 Å². The molecular formula is C14H6F4N4O. The molecule has 0 aliphatic carbocycles. The number of hydrogen-bond acceptors (Lipinski definition) is 4. The molecule has 116 valence electrons. The molecule has 2 rings (SSSR count). The van der Waals surface area contributed by atoms with Crippen molar-refractivity contribution in [2.24, 2.45) is 0 Å². The van der Waals surface area contributed by atoms with Crippen LogP contribution in [0.25, 0.3) is 11.1 Å². The van der Waals surface area contributed by atoms with Gasteiger partial charge in [0.05, 0.1) is 5.56 Å². The molecule has 0 radical (unpaired) electrons. The molecule has 0 saturated carbocycles. The molecule has 23 heavy (non-hydrogen) atoms. The van der Waals surface area contributed by atoms with Crippen LogP contribution in [-0.2, 0) is 6.18 Å². The zero-order chi connectivity index (χ0) is 17.4. The lowest BCUT2D eigenvalue weighted by Gasteiger charge is -2.12. The third-order valence-electron chi connectivity index (χ3n) is 3.03. The lowest BCUT2D eigenvalue weighted by molar-refractivity contribution is -0.139. The number of H-pyrrole nitrogens is 1. The Morgan fingerprint density at radius 1 is 1.13 bits per heavy atom. The fraction of sp³-hybridized carbons (Fsp3) is 0.0714. The van der Waals surface area contributed by atoms with Gasteiger partial charge in [0.25, 0.3) is 5.56 Å². The molecular weight excluding hydrogens is 316 g/mol. The highest BCUT2D eigenvalue weighted by Crippen LogP contribution is 2.35. The van der Waals surface area contributed by atoms with Gasteiger partial charge in [0.2, 0.25) is 0 Å². The van der Waals surface area contributed by atoms with E-state index in [-0.39, 0.29) is 22.5 Å². The van der Waals surface area contributed by atoms with Crippen LogP contribution < -0.4 is 11.3 Å². The van der Waals surface area contributed by atoms with Crippen LogP contribution >= 0.6 is 0 Å². The first-order valence-electron chi connectivity index (χ1n) is 5.93. The van der Waals surface area contributed by atoms with Crippen LogP contribution in [0, 0.1) is 28.5 Å². The Balaban J connectivity index is 2.84. The normalized spacial score (nSPS) is 10.9. The number of aromatic nitrogens is 1. The van der Waals surface area contributed by atoms with Crippen molar-refractivity contribution in [3.05, 3.63) is 51.1 Å². The molecule has 5 nitrogen and oxygen atoms in total. The van der Waals surface area contributed by atoms with E-state index in [0.29, 0.717) is 12.1 Å². The van der Waals surface area contributed by atoms with Crippen molar-refractivity contribution < 1.29 is 17.6 Å². The van der Waals surface area contributed by atoms with E-state index in [1.165, 1.54) is 6.07 Å². The van der Waals surface area contributed by atoms with Gasteiger partial charge in [-0.2, -0.15) is 23.7 Å². The monoisotopic (exact) mass is 322 g/mol. The van der Waals surface area contributed by atoms with E-state index in [1.54, 1.807) is 6.07 Å². The highest BCUT2D eigenvalue weighted by Gasteiger charge is 2.34. The van der Waals surface area contributed by atoms with Crippen LogP contribution in [0.4, 0.5) is 23.4 Å². The largest absolute Gasteiger partial charge is 0.419 e. The van der Waals surface area contributed by atoms with Crippen LogP contribution in [0.2, 0.25) is 0 Å². The summed E-state index contributed by atoms with van der Waals surface area (Å²) in [5.41, 5.74) is 1.60. The fourth-order valence-electron chi connectivity index (χ4n) is 2.03. The second kappa shape index (κ2) is 5.46. The second-order valence-corrected chi connectivity index (χ2v) is 4.41. The van der Waals surface area contributed by atoms with Crippen molar-refractivity contribution in [3.63, 3.8) is 0 Å². The Labute approximate surface area is 126 Å². The number of halogens is 4. The molecule has 3 N–H and O–H groups in total. The molecule has 0 spiro atoms. The molecule has 0 amide bonds. The van der Waals surface area contributed by atoms with E-state index in [9.17, 15) is 22.4 Å². The van der Waals surface area contributed by atoms with Gasteiger partial charge in [0, 0.05) is 5.56 Å². The van der Waals surface area contributed by atoms with Crippen molar-refractivity contribution in [2.75, 3.05) is 5.73 Å². The first-order valence-corrected chi connectivity index (χ1v) is 5.93. The highest BCUT2D eigenvalue weighted by molar-refractivity contribution is 5.80. The molecule has 1 aromatic carbocycles. The van der Waals surface area contributed by atoms with E-state index < -0.39 is 28.7 Å². The number of rotatable bonds is 1. The first kappa shape index (κ1) is 16.0. The molecule has 0 bridgehead atoms. The van der Waals surface area contributed by atoms with E-state index in [2.05, 4.69) is 4.98 Å². The maximum absolute atomic E-state index is 13.7. The molecule has 2 aromatic rings. The predicted octanol–water partition coefficient (Wildman–Crippen LogP) is 2.53. The van der Waals surface area contributed by atoms with Crippen molar-refractivity contribution in [3.8, 4) is 23.3 Å². The number of pyridine rings is 1. The van der Waals surface area contributed by atoms with E-state index in [1.807, 2.05) is 0 Å². The molecule has 0 aliphatic rings. The summed E-state index contributed by atoms with van der Waals surface area (Å²) in [6.07, 6.45) is -4.90. The summed E-state index contributed by atoms with van der Waals surface area (Å²) in [4.78, 5) is 13.8. The number of nitriles is 2. The molecule has 1 heterocycles. The first-order chi connectivity index (χ1) is 10.7. The molecule has 0 aliphatic heterocycles. The minimum Gasteiger partial charge on any atom is -0.384 e. The quantitative estimate of drug-likeness (QED) is 0.787. The summed E-state index contributed by atoms with van der Waals surface area (Å²) in [5.74, 6) is -1.96. The Bertz CT molecular complexity index is 932. The number of nitrogens with two attached hydrogens (primary N) is 1. The minimum absolute atomic E-state index is 0.235. The number of nitrogens with one attached hydrogen (secondary N) is 1. The van der Waals surface area contributed by atoms with Crippen molar-refractivity contribution in [1.82, 2.24) is 4.98 Å². The number of nitrogen functional groups attached to an aromatic ring is 1. The SMILES string of the molecule is N#Cc1c(N)[nH]c(=O)c(C#N)c1-c1ccc(C(F)(F)F)c(F)c1. The lowest BCUT2D eigenvalue weighted by atomic mass is 9.95. The van der Waals surface area contributed by atoms with E-state index in [0.717, 1.165) is 6.07 Å². The number of nitrogens with zero attached hydrogens (tertiary/aromatic N) is 2. The van der Waals surface area contributed by atoms with Gasteiger partial charge in [0.1, 0.15) is 34.9 Å². The minimum atomic E-state index is -4.90. The number of benzene rings is 1. The van der Waals surface area contributed by atoms with Crippen LogP contribution in [0.15, 0.2) is 23.0 Å². The van der Waals surface area contributed by atoms with Crippen molar-refractivity contribution in [2.45, 2.75) is 6.18 Å². The van der Waals surface area contributed by atoms with E-state index in [4.69, 9.17) is 16.3 Å². The van der Waals surface area contributed by atoms with Gasteiger partial charge >= 0.3 is 6.18 Å². The van der Waals surface area contributed by atoms with Crippen LogP contribution in [0.1, 0.15) is 16.7 Å². The average Bonchev–Trinajstić information content (AvgIpc) is 2.45. The van der Waals surface area contributed by atoms with Crippen LogP contribution in [0.3, 0.4) is 0 Å². The second-order valence-electron chi connectivity index (χ2n) is 4.41. The highest BCUT2D eigenvalue weighted by atomic mass is 19.4. The molecule has 0 unspecified atom stereocenters. The van der Waals surface area contributed by atoms with Crippen LogP contribution in [0.5, 0.6) is 0 Å². The van der Waals surface area contributed by atoms with Crippen molar-refractivity contribution >= 4 is 5.82 Å². The Morgan fingerprint density at radius 3 is 2.22 bits per heavy atom.